The molecule has 0 saturated heterocycles. The van der Waals surface area contributed by atoms with Crippen molar-refractivity contribution in [3.63, 3.8) is 0 Å². The van der Waals surface area contributed by atoms with Crippen molar-refractivity contribution in [2.75, 3.05) is 18.5 Å². The average molecular weight is 470 g/mol. The molecule has 1 aromatic heterocycles. The van der Waals surface area contributed by atoms with Crippen molar-refractivity contribution in [2.24, 2.45) is 0 Å². The summed E-state index contributed by atoms with van der Waals surface area (Å²) >= 11 is 0. The Morgan fingerprint density at radius 1 is 1.18 bits per heavy atom. The van der Waals surface area contributed by atoms with Gasteiger partial charge in [-0.05, 0) is 42.5 Å². The number of hydrogen-bond donors (Lipinski definition) is 1. The summed E-state index contributed by atoms with van der Waals surface area (Å²) in [6.45, 7) is 0.640. The van der Waals surface area contributed by atoms with Crippen molar-refractivity contribution in [1.29, 1.82) is 0 Å². The highest BCUT2D eigenvalue weighted by Gasteiger charge is 2.31. The molecule has 2 heterocycles. The van der Waals surface area contributed by atoms with Crippen molar-refractivity contribution in [2.45, 2.75) is 50.4 Å². The first-order chi connectivity index (χ1) is 16.2. The standard InChI is InChI=1S/C26H26F3N3O2/c1-31-11-5-8-19-17(12-16-6-4-7-18(13-16)26(27,28)29)14-20-23(24(19)31)30-15-32(25(20)34)21-9-2-3-10-22(21)33/h4-8,13-15,21-22,33H,2-3,9-12H2,1H3/t21-,22-/m0/s1. The van der Waals surface area contributed by atoms with Gasteiger partial charge in [0.25, 0.3) is 5.56 Å². The number of alkyl halides is 3. The summed E-state index contributed by atoms with van der Waals surface area (Å²) in [6.07, 6.45) is 3.93. The predicted octanol–water partition coefficient (Wildman–Crippen LogP) is 4.95. The molecule has 1 fully saturated rings. The number of fused-ring (bicyclic) bond motifs is 3. The second-order valence-corrected chi connectivity index (χ2v) is 9.23. The third-order valence-electron chi connectivity index (χ3n) is 6.92. The molecule has 0 radical (unpaired) electrons. The van der Waals surface area contributed by atoms with Crippen molar-refractivity contribution in [3.05, 3.63) is 75.3 Å². The van der Waals surface area contributed by atoms with Crippen LogP contribution >= 0.6 is 0 Å². The molecule has 178 valence electrons. The van der Waals surface area contributed by atoms with Gasteiger partial charge in [0, 0.05) is 19.2 Å². The van der Waals surface area contributed by atoms with E-state index in [1.165, 1.54) is 17.0 Å². The van der Waals surface area contributed by atoms with Gasteiger partial charge < -0.3 is 10.0 Å². The zero-order valence-corrected chi connectivity index (χ0v) is 18.8. The number of hydrogen-bond acceptors (Lipinski definition) is 4. The molecule has 8 heteroatoms. The fourth-order valence-corrected chi connectivity index (χ4v) is 5.20. The summed E-state index contributed by atoms with van der Waals surface area (Å²) in [7, 11) is 1.91. The summed E-state index contributed by atoms with van der Waals surface area (Å²) < 4.78 is 41.3. The number of benzene rings is 2. The Kier molecular flexibility index (Phi) is 5.72. The lowest BCUT2D eigenvalue weighted by Gasteiger charge is -2.30. The summed E-state index contributed by atoms with van der Waals surface area (Å²) in [4.78, 5) is 20.2. The molecule has 0 unspecified atom stereocenters. The zero-order valence-electron chi connectivity index (χ0n) is 18.8. The van der Waals surface area contributed by atoms with E-state index in [-0.39, 0.29) is 18.0 Å². The molecule has 5 nitrogen and oxygen atoms in total. The largest absolute Gasteiger partial charge is 0.416 e. The minimum Gasteiger partial charge on any atom is -0.391 e. The lowest BCUT2D eigenvalue weighted by molar-refractivity contribution is -0.137. The quantitative estimate of drug-likeness (QED) is 0.590. The van der Waals surface area contributed by atoms with E-state index in [1.54, 1.807) is 12.1 Å². The minimum absolute atomic E-state index is 0.230. The van der Waals surface area contributed by atoms with Gasteiger partial charge in [0.2, 0.25) is 0 Å². The van der Waals surface area contributed by atoms with E-state index in [4.69, 9.17) is 0 Å². The van der Waals surface area contributed by atoms with Gasteiger partial charge in [0.15, 0.2) is 0 Å². The van der Waals surface area contributed by atoms with Gasteiger partial charge in [-0.1, -0.05) is 43.2 Å². The van der Waals surface area contributed by atoms with Crippen LogP contribution in [0.25, 0.3) is 17.0 Å². The van der Waals surface area contributed by atoms with Crippen LogP contribution in [0.3, 0.4) is 0 Å². The van der Waals surface area contributed by atoms with Crippen LogP contribution in [0, 0.1) is 0 Å². The van der Waals surface area contributed by atoms with Gasteiger partial charge >= 0.3 is 6.18 Å². The number of nitrogens with zero attached hydrogens (tertiary/aromatic N) is 3. The van der Waals surface area contributed by atoms with Crippen LogP contribution in [-0.2, 0) is 12.6 Å². The first kappa shape index (κ1) is 22.7. The monoisotopic (exact) mass is 469 g/mol. The Balaban J connectivity index is 1.67. The lowest BCUT2D eigenvalue weighted by Crippen LogP contribution is -2.35. The van der Waals surface area contributed by atoms with Gasteiger partial charge in [-0.25, -0.2) is 4.98 Å². The van der Waals surface area contributed by atoms with Crippen molar-refractivity contribution in [3.8, 4) is 0 Å². The second-order valence-electron chi connectivity index (χ2n) is 9.23. The number of anilines is 1. The molecule has 2 atom stereocenters. The van der Waals surface area contributed by atoms with Crippen molar-refractivity contribution < 1.29 is 18.3 Å². The molecule has 2 aliphatic rings. The van der Waals surface area contributed by atoms with E-state index in [2.05, 4.69) is 4.98 Å². The topological polar surface area (TPSA) is 58.4 Å². The molecule has 0 spiro atoms. The fourth-order valence-electron chi connectivity index (χ4n) is 5.20. The zero-order chi connectivity index (χ0) is 24.0. The SMILES string of the molecule is CN1CC=Cc2c(Cc3cccc(C(F)(F)F)c3)cc3c(=O)n([C@H]4CCCC[C@@H]4O)cnc3c21. The number of likely N-dealkylation sites (N-methyl/N-ethyl adjacent to an activating group) is 1. The smallest absolute Gasteiger partial charge is 0.391 e. The van der Waals surface area contributed by atoms with E-state index in [9.17, 15) is 23.1 Å². The van der Waals surface area contributed by atoms with Crippen LogP contribution in [0.5, 0.6) is 0 Å². The van der Waals surface area contributed by atoms with Gasteiger partial charge in [-0.2, -0.15) is 13.2 Å². The van der Waals surface area contributed by atoms with Gasteiger partial charge in [-0.3, -0.25) is 9.36 Å². The van der Waals surface area contributed by atoms with Crippen molar-refractivity contribution >= 4 is 22.7 Å². The molecule has 2 aromatic carbocycles. The van der Waals surface area contributed by atoms with E-state index in [0.29, 0.717) is 35.9 Å². The summed E-state index contributed by atoms with van der Waals surface area (Å²) in [5, 5.41) is 10.9. The number of aliphatic hydroxyl groups excluding tert-OH is 1. The molecule has 0 amide bonds. The maximum Gasteiger partial charge on any atom is 0.416 e. The van der Waals surface area contributed by atoms with E-state index in [1.807, 2.05) is 24.1 Å². The highest BCUT2D eigenvalue weighted by molar-refractivity contribution is 5.97. The normalized spacial score (nSPS) is 20.6. The molecule has 1 saturated carbocycles. The lowest BCUT2D eigenvalue weighted by atomic mass is 9.91. The van der Waals surface area contributed by atoms with E-state index < -0.39 is 17.8 Å². The van der Waals surface area contributed by atoms with Crippen LogP contribution < -0.4 is 10.5 Å². The first-order valence-electron chi connectivity index (χ1n) is 11.5. The molecule has 1 aliphatic heterocycles. The Labute approximate surface area is 195 Å². The van der Waals surface area contributed by atoms with E-state index in [0.717, 1.165) is 41.8 Å². The van der Waals surface area contributed by atoms with Crippen LogP contribution in [0.1, 0.15) is 54.0 Å². The number of aromatic nitrogens is 2. The van der Waals surface area contributed by atoms with E-state index >= 15 is 0 Å². The third-order valence-corrected chi connectivity index (χ3v) is 6.92. The highest BCUT2D eigenvalue weighted by atomic mass is 19.4. The fraction of sp³-hybridized carbons (Fsp3) is 0.385. The second kappa shape index (κ2) is 8.58. The molecule has 3 aromatic rings. The molecule has 34 heavy (non-hydrogen) atoms. The Morgan fingerprint density at radius 3 is 2.74 bits per heavy atom. The highest BCUT2D eigenvalue weighted by Crippen LogP contribution is 2.37. The van der Waals surface area contributed by atoms with Gasteiger partial charge in [0.05, 0.1) is 35.1 Å². The molecule has 0 bridgehead atoms. The summed E-state index contributed by atoms with van der Waals surface area (Å²) in [6, 6.07) is 6.74. The van der Waals surface area contributed by atoms with Crippen LogP contribution in [0.15, 0.2) is 47.5 Å². The first-order valence-corrected chi connectivity index (χ1v) is 11.5. The number of aliphatic hydroxyl groups is 1. The number of rotatable bonds is 3. The van der Waals surface area contributed by atoms with Gasteiger partial charge in [0.1, 0.15) is 5.52 Å². The predicted molar refractivity (Wildman–Crippen MR) is 126 cm³/mol. The summed E-state index contributed by atoms with van der Waals surface area (Å²) in [5.74, 6) is 0. The Hall–Kier alpha value is -3.13. The Morgan fingerprint density at radius 2 is 1.97 bits per heavy atom. The van der Waals surface area contributed by atoms with Crippen LogP contribution in [0.4, 0.5) is 18.9 Å². The molecule has 1 aliphatic carbocycles. The van der Waals surface area contributed by atoms with Gasteiger partial charge in [-0.15, -0.1) is 0 Å². The number of halogens is 3. The summed E-state index contributed by atoms with van der Waals surface area (Å²) in [5.41, 5.74) is 2.60. The Bertz CT molecular complexity index is 1330. The maximum absolute atomic E-state index is 13.6. The van der Waals surface area contributed by atoms with Crippen LogP contribution in [0.2, 0.25) is 0 Å². The maximum atomic E-state index is 13.6. The molecular weight excluding hydrogens is 443 g/mol. The minimum atomic E-state index is -4.42. The molecule has 5 rings (SSSR count). The third kappa shape index (κ3) is 4.00. The average Bonchev–Trinajstić information content (AvgIpc) is 2.80. The molecule has 1 N–H and O–H groups in total. The molecular formula is C26H26F3N3O2. The van der Waals surface area contributed by atoms with Crippen LogP contribution in [-0.4, -0.2) is 34.4 Å². The van der Waals surface area contributed by atoms with Crippen molar-refractivity contribution in [1.82, 2.24) is 9.55 Å².